The van der Waals surface area contributed by atoms with Crippen LogP contribution in [0.5, 0.6) is 0 Å². The predicted octanol–water partition coefficient (Wildman–Crippen LogP) is 0.958. The summed E-state index contributed by atoms with van der Waals surface area (Å²) in [6.45, 7) is 7.86. The van der Waals surface area contributed by atoms with Crippen LogP contribution < -0.4 is 0 Å². The molecule has 1 aliphatic heterocycles. The van der Waals surface area contributed by atoms with Gasteiger partial charge in [-0.3, -0.25) is 4.79 Å². The summed E-state index contributed by atoms with van der Waals surface area (Å²) in [6.07, 6.45) is 0.539. The van der Waals surface area contributed by atoms with Gasteiger partial charge in [0.1, 0.15) is 0 Å². The Balaban J connectivity index is 2.01. The molecular formula is C14H23N3O. The van der Waals surface area contributed by atoms with E-state index in [0.717, 1.165) is 26.2 Å². The van der Waals surface area contributed by atoms with E-state index in [4.69, 9.17) is 0 Å². The maximum Gasteiger partial charge on any atom is 0.227 e. The van der Waals surface area contributed by atoms with Gasteiger partial charge in [-0.2, -0.15) is 0 Å². The van der Waals surface area contributed by atoms with Gasteiger partial charge in [0.05, 0.1) is 6.42 Å². The molecule has 0 atom stereocenters. The van der Waals surface area contributed by atoms with E-state index in [9.17, 15) is 4.79 Å². The summed E-state index contributed by atoms with van der Waals surface area (Å²) in [5.74, 6) is 0.261. The van der Waals surface area contributed by atoms with Crippen LogP contribution in [0.4, 0.5) is 0 Å². The average molecular weight is 249 g/mol. The topological polar surface area (TPSA) is 28.5 Å². The van der Waals surface area contributed by atoms with E-state index in [2.05, 4.69) is 43.5 Å². The predicted molar refractivity (Wildman–Crippen MR) is 72.7 cm³/mol. The summed E-state index contributed by atoms with van der Waals surface area (Å²) < 4.78 is 2.15. The zero-order valence-corrected chi connectivity index (χ0v) is 11.9. The van der Waals surface area contributed by atoms with E-state index in [1.807, 2.05) is 4.90 Å². The lowest BCUT2D eigenvalue weighted by atomic mass is 10.1. The standard InChI is InChI=1S/C14H23N3O/c1-11-9-13(12(2)16(11)4)10-14(18)17-7-5-15(3)6-8-17/h9H,5-8,10H2,1-4H3. The van der Waals surface area contributed by atoms with E-state index in [-0.39, 0.29) is 5.91 Å². The van der Waals surface area contributed by atoms with Gasteiger partial charge in [-0.05, 0) is 32.5 Å². The van der Waals surface area contributed by atoms with Crippen LogP contribution in [-0.2, 0) is 18.3 Å². The number of nitrogens with zero attached hydrogens (tertiary/aromatic N) is 3. The van der Waals surface area contributed by atoms with Crippen molar-refractivity contribution < 1.29 is 4.79 Å². The van der Waals surface area contributed by atoms with Crippen molar-refractivity contribution >= 4 is 5.91 Å². The molecule has 0 bridgehead atoms. The largest absolute Gasteiger partial charge is 0.352 e. The first-order valence-electron chi connectivity index (χ1n) is 6.57. The fraction of sp³-hybridized carbons (Fsp3) is 0.643. The van der Waals surface area contributed by atoms with Gasteiger partial charge in [0.15, 0.2) is 0 Å². The van der Waals surface area contributed by atoms with Crippen molar-refractivity contribution in [3.05, 3.63) is 23.0 Å². The van der Waals surface area contributed by atoms with Crippen molar-refractivity contribution in [2.75, 3.05) is 33.2 Å². The third-order valence-electron chi connectivity index (χ3n) is 4.08. The summed E-state index contributed by atoms with van der Waals surface area (Å²) in [4.78, 5) is 16.5. The van der Waals surface area contributed by atoms with Crippen molar-refractivity contribution in [2.24, 2.45) is 7.05 Å². The quantitative estimate of drug-likeness (QED) is 0.781. The molecule has 1 amide bonds. The number of hydrogen-bond acceptors (Lipinski definition) is 2. The maximum atomic E-state index is 12.2. The zero-order valence-electron chi connectivity index (χ0n) is 11.9. The fourth-order valence-corrected chi connectivity index (χ4v) is 2.44. The molecule has 100 valence electrons. The molecule has 0 aliphatic carbocycles. The monoisotopic (exact) mass is 249 g/mol. The number of carbonyl (C=O) groups excluding carboxylic acids is 1. The van der Waals surface area contributed by atoms with Crippen LogP contribution >= 0.6 is 0 Å². The summed E-state index contributed by atoms with van der Waals surface area (Å²) in [5.41, 5.74) is 3.59. The van der Waals surface area contributed by atoms with Crippen LogP contribution in [0.15, 0.2) is 6.07 Å². The Bertz CT molecular complexity index is 442. The third-order valence-corrected chi connectivity index (χ3v) is 4.08. The summed E-state index contributed by atoms with van der Waals surface area (Å²) >= 11 is 0. The second-order valence-electron chi connectivity index (χ2n) is 5.32. The fourth-order valence-electron chi connectivity index (χ4n) is 2.44. The molecular weight excluding hydrogens is 226 g/mol. The normalized spacial score (nSPS) is 17.2. The molecule has 2 rings (SSSR count). The number of aromatic nitrogens is 1. The highest BCUT2D eigenvalue weighted by molar-refractivity contribution is 5.79. The summed E-state index contributed by atoms with van der Waals surface area (Å²) in [6, 6.07) is 2.13. The van der Waals surface area contributed by atoms with Crippen molar-refractivity contribution in [2.45, 2.75) is 20.3 Å². The van der Waals surface area contributed by atoms with Crippen molar-refractivity contribution in [3.8, 4) is 0 Å². The highest BCUT2D eigenvalue weighted by Gasteiger charge is 2.20. The van der Waals surface area contributed by atoms with Crippen LogP contribution in [0.25, 0.3) is 0 Å². The zero-order chi connectivity index (χ0) is 13.3. The van der Waals surface area contributed by atoms with Crippen LogP contribution in [-0.4, -0.2) is 53.5 Å². The van der Waals surface area contributed by atoms with Crippen LogP contribution in [0.3, 0.4) is 0 Å². The number of piperazine rings is 1. The smallest absolute Gasteiger partial charge is 0.227 e. The van der Waals surface area contributed by atoms with E-state index < -0.39 is 0 Å². The molecule has 1 fully saturated rings. The molecule has 1 aliphatic rings. The minimum atomic E-state index is 0.261. The first-order chi connectivity index (χ1) is 8.49. The van der Waals surface area contributed by atoms with E-state index in [0.29, 0.717) is 6.42 Å². The molecule has 1 saturated heterocycles. The Morgan fingerprint density at radius 1 is 1.17 bits per heavy atom. The second kappa shape index (κ2) is 5.14. The Kier molecular flexibility index (Phi) is 3.76. The van der Waals surface area contributed by atoms with Gasteiger partial charge in [-0.15, -0.1) is 0 Å². The van der Waals surface area contributed by atoms with Gasteiger partial charge in [0, 0.05) is 44.6 Å². The molecule has 4 nitrogen and oxygen atoms in total. The maximum absolute atomic E-state index is 12.2. The molecule has 0 spiro atoms. The first kappa shape index (κ1) is 13.1. The summed E-state index contributed by atoms with van der Waals surface area (Å²) in [5, 5.41) is 0. The first-order valence-corrected chi connectivity index (χ1v) is 6.57. The van der Waals surface area contributed by atoms with Crippen molar-refractivity contribution in [1.29, 1.82) is 0 Å². The molecule has 1 aromatic rings. The molecule has 0 radical (unpaired) electrons. The molecule has 18 heavy (non-hydrogen) atoms. The van der Waals surface area contributed by atoms with Gasteiger partial charge in [-0.25, -0.2) is 0 Å². The Labute approximate surface area is 109 Å². The number of rotatable bonds is 2. The Morgan fingerprint density at radius 2 is 1.78 bits per heavy atom. The Morgan fingerprint density at radius 3 is 2.28 bits per heavy atom. The van der Waals surface area contributed by atoms with Gasteiger partial charge in [0.25, 0.3) is 0 Å². The molecule has 0 aromatic carbocycles. The van der Waals surface area contributed by atoms with E-state index in [1.54, 1.807) is 0 Å². The number of hydrogen-bond donors (Lipinski definition) is 0. The third kappa shape index (κ3) is 2.58. The van der Waals surface area contributed by atoms with Gasteiger partial charge < -0.3 is 14.4 Å². The summed E-state index contributed by atoms with van der Waals surface area (Å²) in [7, 11) is 4.15. The number of aryl methyl sites for hydroxylation is 1. The van der Waals surface area contributed by atoms with Crippen LogP contribution in [0, 0.1) is 13.8 Å². The molecule has 2 heterocycles. The molecule has 0 unspecified atom stereocenters. The molecule has 4 heteroatoms. The highest BCUT2D eigenvalue weighted by Crippen LogP contribution is 2.15. The SMILES string of the molecule is Cc1cc(CC(=O)N2CCN(C)CC2)c(C)n1C. The van der Waals surface area contributed by atoms with E-state index >= 15 is 0 Å². The highest BCUT2D eigenvalue weighted by atomic mass is 16.2. The van der Waals surface area contributed by atoms with Crippen molar-refractivity contribution in [3.63, 3.8) is 0 Å². The Hall–Kier alpha value is -1.29. The average Bonchev–Trinajstić information content (AvgIpc) is 2.58. The van der Waals surface area contributed by atoms with Gasteiger partial charge in [-0.1, -0.05) is 0 Å². The van der Waals surface area contributed by atoms with Crippen LogP contribution in [0.2, 0.25) is 0 Å². The number of amides is 1. The van der Waals surface area contributed by atoms with Gasteiger partial charge >= 0.3 is 0 Å². The van der Waals surface area contributed by atoms with Gasteiger partial charge in [0.2, 0.25) is 5.91 Å². The van der Waals surface area contributed by atoms with E-state index in [1.165, 1.54) is 17.0 Å². The lowest BCUT2D eigenvalue weighted by molar-refractivity contribution is -0.132. The lowest BCUT2D eigenvalue weighted by Crippen LogP contribution is -2.47. The number of carbonyl (C=O) groups is 1. The van der Waals surface area contributed by atoms with Crippen molar-refractivity contribution in [1.82, 2.24) is 14.4 Å². The molecule has 1 aromatic heterocycles. The lowest BCUT2D eigenvalue weighted by Gasteiger charge is -2.32. The number of likely N-dealkylation sites (N-methyl/N-ethyl adjacent to an activating group) is 1. The molecule has 0 N–H and O–H groups in total. The second-order valence-corrected chi connectivity index (χ2v) is 5.32. The molecule has 0 saturated carbocycles. The minimum Gasteiger partial charge on any atom is -0.352 e. The minimum absolute atomic E-state index is 0.261. The van der Waals surface area contributed by atoms with Crippen LogP contribution in [0.1, 0.15) is 17.0 Å².